The number of carboxylic acids is 2. The Balaban J connectivity index is 0.00000338. The van der Waals surface area contributed by atoms with Crippen molar-refractivity contribution >= 4 is 24.3 Å². The number of hydrogen-bond donors (Lipinski definition) is 3. The third-order valence-electron chi connectivity index (χ3n) is 4.41. The van der Waals surface area contributed by atoms with Gasteiger partial charge in [-0.2, -0.15) is 0 Å². The van der Waals surface area contributed by atoms with E-state index in [1.807, 2.05) is 60.7 Å². The lowest BCUT2D eigenvalue weighted by Crippen LogP contribution is -2.34. The fourth-order valence-corrected chi connectivity index (χ4v) is 3.01. The average molecular weight is 378 g/mol. The summed E-state index contributed by atoms with van der Waals surface area (Å²) in [6.07, 6.45) is 0.906. The van der Waals surface area contributed by atoms with E-state index in [9.17, 15) is 14.7 Å². The van der Waals surface area contributed by atoms with Crippen LogP contribution in [0.1, 0.15) is 36.3 Å². The number of carboxylic acid groups (broad SMARTS) is 2. The lowest BCUT2D eigenvalue weighted by molar-refractivity contribution is -0.143. The summed E-state index contributed by atoms with van der Waals surface area (Å²) >= 11 is 0. The van der Waals surface area contributed by atoms with Gasteiger partial charge in [0.2, 0.25) is 0 Å². The van der Waals surface area contributed by atoms with Crippen molar-refractivity contribution in [1.29, 1.82) is 0 Å². The normalized spacial score (nSPS) is 12.8. The van der Waals surface area contributed by atoms with Crippen LogP contribution in [-0.4, -0.2) is 28.2 Å². The van der Waals surface area contributed by atoms with Crippen LogP contribution in [-0.2, 0) is 9.59 Å². The maximum absolute atomic E-state index is 11.5. The Morgan fingerprint density at radius 3 is 1.65 bits per heavy atom. The molecule has 26 heavy (non-hydrogen) atoms. The van der Waals surface area contributed by atoms with Crippen molar-refractivity contribution in [3.63, 3.8) is 0 Å². The zero-order valence-electron chi connectivity index (χ0n) is 14.3. The van der Waals surface area contributed by atoms with Crippen LogP contribution in [0.25, 0.3) is 0 Å². The van der Waals surface area contributed by atoms with Gasteiger partial charge in [-0.1, -0.05) is 60.7 Å². The highest BCUT2D eigenvalue weighted by molar-refractivity contribution is 5.85. The molecule has 6 heteroatoms. The number of hydrogen-bond acceptors (Lipinski definition) is 3. The number of aliphatic carboxylic acids is 2. The summed E-state index contributed by atoms with van der Waals surface area (Å²) in [5.74, 6) is -2.89. The Bertz CT molecular complexity index is 654. The monoisotopic (exact) mass is 377 g/mol. The molecule has 0 bridgehead atoms. The summed E-state index contributed by atoms with van der Waals surface area (Å²) in [5.41, 5.74) is 7.74. The maximum Gasteiger partial charge on any atom is 0.320 e. The molecule has 0 saturated carbocycles. The third-order valence-corrected chi connectivity index (χ3v) is 4.41. The molecular formula is C20H24ClNO4. The van der Waals surface area contributed by atoms with Gasteiger partial charge in [0.1, 0.15) is 6.04 Å². The number of rotatable bonds is 9. The fourth-order valence-electron chi connectivity index (χ4n) is 3.01. The van der Waals surface area contributed by atoms with E-state index in [0.29, 0.717) is 12.8 Å². The molecule has 0 fully saturated rings. The van der Waals surface area contributed by atoms with Crippen molar-refractivity contribution in [2.75, 3.05) is 0 Å². The number of carbonyl (C=O) groups is 2. The molecule has 4 N–H and O–H groups in total. The molecular weight excluding hydrogens is 354 g/mol. The molecule has 5 nitrogen and oxygen atoms in total. The second kappa shape index (κ2) is 10.6. The molecule has 0 amide bonds. The van der Waals surface area contributed by atoms with Crippen molar-refractivity contribution in [3.05, 3.63) is 71.8 Å². The largest absolute Gasteiger partial charge is 0.481 e. The Hall–Kier alpha value is -2.37. The molecule has 0 unspecified atom stereocenters. The van der Waals surface area contributed by atoms with Crippen molar-refractivity contribution in [3.8, 4) is 0 Å². The van der Waals surface area contributed by atoms with E-state index in [-0.39, 0.29) is 24.7 Å². The second-order valence-corrected chi connectivity index (χ2v) is 6.17. The molecule has 140 valence electrons. The highest BCUT2D eigenvalue weighted by Crippen LogP contribution is 2.31. The van der Waals surface area contributed by atoms with E-state index in [0.717, 1.165) is 11.1 Å². The quantitative estimate of drug-likeness (QED) is 0.620. The zero-order chi connectivity index (χ0) is 18.2. The van der Waals surface area contributed by atoms with E-state index in [1.54, 1.807) is 0 Å². The molecule has 2 atom stereocenters. The summed E-state index contributed by atoms with van der Waals surface area (Å²) in [7, 11) is 0. The molecule has 0 aliphatic rings. The maximum atomic E-state index is 11.5. The number of halogens is 1. The molecule has 0 aliphatic carbocycles. The minimum absolute atomic E-state index is 0. The van der Waals surface area contributed by atoms with Crippen molar-refractivity contribution in [1.82, 2.24) is 0 Å². The van der Waals surface area contributed by atoms with Crippen LogP contribution in [0, 0.1) is 5.92 Å². The van der Waals surface area contributed by atoms with E-state index >= 15 is 0 Å². The smallest absolute Gasteiger partial charge is 0.320 e. The van der Waals surface area contributed by atoms with Gasteiger partial charge in [0.05, 0.1) is 5.92 Å². The minimum atomic E-state index is -1.17. The van der Waals surface area contributed by atoms with Crippen molar-refractivity contribution in [2.45, 2.75) is 31.2 Å². The minimum Gasteiger partial charge on any atom is -0.481 e. The lowest BCUT2D eigenvalue weighted by atomic mass is 9.84. The van der Waals surface area contributed by atoms with Gasteiger partial charge in [0, 0.05) is 5.92 Å². The van der Waals surface area contributed by atoms with Gasteiger partial charge >= 0.3 is 11.9 Å². The van der Waals surface area contributed by atoms with Crippen molar-refractivity contribution in [2.24, 2.45) is 11.7 Å². The van der Waals surface area contributed by atoms with Gasteiger partial charge in [-0.05, 0) is 30.4 Å². The predicted molar refractivity (Wildman–Crippen MR) is 103 cm³/mol. The predicted octanol–water partition coefficient (Wildman–Crippen LogP) is 3.52. The molecule has 2 rings (SSSR count). The van der Waals surface area contributed by atoms with Gasteiger partial charge in [-0.25, -0.2) is 0 Å². The topological polar surface area (TPSA) is 101 Å². The number of nitrogens with two attached hydrogens (primary N) is 1. The Morgan fingerprint density at radius 2 is 1.27 bits per heavy atom. The third kappa shape index (κ3) is 6.17. The SMILES string of the molecule is Cl.N[C@@H](C[C@H](CCC(c1ccccc1)c1ccccc1)C(=O)O)C(=O)O. The van der Waals surface area contributed by atoms with E-state index in [2.05, 4.69) is 0 Å². The molecule has 0 spiro atoms. The molecule has 0 aliphatic heterocycles. The van der Waals surface area contributed by atoms with Crippen LogP contribution < -0.4 is 5.73 Å². The summed E-state index contributed by atoms with van der Waals surface area (Å²) in [5, 5.41) is 18.3. The highest BCUT2D eigenvalue weighted by atomic mass is 35.5. The zero-order valence-corrected chi connectivity index (χ0v) is 15.1. The van der Waals surface area contributed by atoms with E-state index in [4.69, 9.17) is 10.8 Å². The summed E-state index contributed by atoms with van der Waals surface area (Å²) < 4.78 is 0. The van der Waals surface area contributed by atoms with Crippen LogP contribution in [0.15, 0.2) is 60.7 Å². The lowest BCUT2D eigenvalue weighted by Gasteiger charge is -2.21. The molecule has 0 radical (unpaired) electrons. The molecule has 0 aromatic heterocycles. The molecule has 2 aromatic carbocycles. The van der Waals surface area contributed by atoms with Gasteiger partial charge in [0.15, 0.2) is 0 Å². The first-order chi connectivity index (χ1) is 12.0. The van der Waals surface area contributed by atoms with Crippen LogP contribution in [0.5, 0.6) is 0 Å². The summed E-state index contributed by atoms with van der Waals surface area (Å²) in [6, 6.07) is 18.7. The highest BCUT2D eigenvalue weighted by Gasteiger charge is 2.26. The number of benzene rings is 2. The Labute approximate surface area is 159 Å². The average Bonchev–Trinajstić information content (AvgIpc) is 2.62. The molecule has 2 aromatic rings. The first-order valence-electron chi connectivity index (χ1n) is 8.30. The van der Waals surface area contributed by atoms with Crippen LogP contribution >= 0.6 is 12.4 Å². The van der Waals surface area contributed by atoms with E-state index in [1.165, 1.54) is 0 Å². The molecule has 0 heterocycles. The van der Waals surface area contributed by atoms with Gasteiger partial charge in [0.25, 0.3) is 0 Å². The summed E-state index contributed by atoms with van der Waals surface area (Å²) in [6.45, 7) is 0. The molecule has 0 saturated heterocycles. The first-order valence-corrected chi connectivity index (χ1v) is 8.30. The van der Waals surface area contributed by atoms with Gasteiger partial charge in [-0.3, -0.25) is 9.59 Å². The van der Waals surface area contributed by atoms with Crippen LogP contribution in [0.2, 0.25) is 0 Å². The Morgan fingerprint density at radius 1 is 0.808 bits per heavy atom. The van der Waals surface area contributed by atoms with Crippen molar-refractivity contribution < 1.29 is 19.8 Å². The standard InChI is InChI=1S/C20H23NO4.ClH/c21-18(20(24)25)13-16(19(22)23)11-12-17(14-7-3-1-4-8-14)15-9-5-2-6-10-15;/h1-10,16-18H,11-13,21H2,(H,22,23)(H,24,25);1H/t16-,18-;/m0./s1. The van der Waals surface area contributed by atoms with E-state index < -0.39 is 23.9 Å². The van der Waals surface area contributed by atoms with Gasteiger partial charge in [-0.15, -0.1) is 12.4 Å². The van der Waals surface area contributed by atoms with Crippen LogP contribution in [0.3, 0.4) is 0 Å². The van der Waals surface area contributed by atoms with Gasteiger partial charge < -0.3 is 15.9 Å². The fraction of sp³-hybridized carbons (Fsp3) is 0.300. The Kier molecular flexibility index (Phi) is 8.82. The summed E-state index contributed by atoms with van der Waals surface area (Å²) in [4.78, 5) is 22.4. The first kappa shape index (κ1) is 21.7. The second-order valence-electron chi connectivity index (χ2n) is 6.17. The van der Waals surface area contributed by atoms with Crippen LogP contribution in [0.4, 0.5) is 0 Å².